The van der Waals surface area contributed by atoms with Gasteiger partial charge in [0.25, 0.3) is 0 Å². The lowest BCUT2D eigenvalue weighted by molar-refractivity contribution is 2.50. The van der Waals surface area contributed by atoms with E-state index in [4.69, 9.17) is 0 Å². The minimum Gasteiger partial charge on any atom is -0.0776 e. The third-order valence-electron chi connectivity index (χ3n) is 0. The summed E-state index contributed by atoms with van der Waals surface area (Å²) < 4.78 is 0. The average molecular weight is 914 g/mol. The Bertz CT molecular complexity index is 0. The van der Waals surface area contributed by atoms with Gasteiger partial charge < -0.3 is 0 Å². The molecule has 0 aliphatic carbocycles. The Hall–Kier alpha value is 0. The van der Waals surface area contributed by atoms with Gasteiger partial charge in [-0.05, 0) is 0 Å². The van der Waals surface area contributed by atoms with Gasteiger partial charge in [-0.1, -0.05) is 423 Å². The standard InChI is InChI=1S/57CH4/h57*1H4. The first-order valence-electron chi connectivity index (χ1n) is 0. The van der Waals surface area contributed by atoms with Crippen molar-refractivity contribution in [2.24, 2.45) is 0 Å². The summed E-state index contributed by atoms with van der Waals surface area (Å²) in [6, 6.07) is 0. The van der Waals surface area contributed by atoms with E-state index in [1.54, 1.807) is 0 Å². The Labute approximate surface area is 422 Å². The predicted octanol–water partition coefficient (Wildman–Crippen LogP) is 36.3. The van der Waals surface area contributed by atoms with Crippen LogP contribution in [0.3, 0.4) is 0 Å². The van der Waals surface area contributed by atoms with Crippen molar-refractivity contribution < 1.29 is 0 Å². The van der Waals surface area contributed by atoms with Crippen molar-refractivity contribution in [1.82, 2.24) is 0 Å². The third-order valence-corrected chi connectivity index (χ3v) is 0. The summed E-state index contributed by atoms with van der Waals surface area (Å²) in [4.78, 5) is 0. The van der Waals surface area contributed by atoms with Gasteiger partial charge in [0.2, 0.25) is 0 Å². The molecule has 0 unspecified atom stereocenters. The lowest BCUT2D eigenvalue weighted by Crippen LogP contribution is 0.143. The van der Waals surface area contributed by atoms with Gasteiger partial charge in [-0.15, -0.1) is 0 Å². The van der Waals surface area contributed by atoms with Crippen LogP contribution >= 0.6 is 0 Å². The van der Waals surface area contributed by atoms with E-state index < -0.39 is 0 Å². The molecular formula is C57H228. The highest BCUT2D eigenvalue weighted by Crippen LogP contribution is 0.200. The molecule has 0 N–H and O–H groups in total. The zero-order valence-corrected chi connectivity index (χ0v) is 0. The van der Waals surface area contributed by atoms with Crippen molar-refractivity contribution >= 4 is 0 Å². The first kappa shape index (κ1) is 0. The molecule has 0 aromatic heterocycles. The molecule has 0 atom stereocenters. The van der Waals surface area contributed by atoms with Crippen LogP contribution in [0, 0.1) is 0 Å². The third kappa shape index (κ3) is 0. The van der Waals surface area contributed by atoms with Gasteiger partial charge in [0.15, 0.2) is 0 Å². The summed E-state index contributed by atoms with van der Waals surface area (Å²) in [6.07, 6.45) is 0. The molecule has 0 amide bonds. The first-order chi connectivity index (χ1) is 0. The largest absolute Gasteiger partial charge is 0.0776 e. The van der Waals surface area contributed by atoms with Crippen LogP contribution in [0.2, 0.25) is 0 Å². The SMILES string of the molecule is C.C.C.C.C.C.C.C.C.C.C.C.C.C.C.C.C.C.C.C.C.C.C.C.C.C.C.C.C.C.C.C.C.C.C.C.C.C.C.C.C.C.C.C.C.C.C.C.C.C.C.C.C.C.C.C.C. The van der Waals surface area contributed by atoms with E-state index in [9.17, 15) is 0 Å². The molecule has 0 heterocycles. The summed E-state index contributed by atoms with van der Waals surface area (Å²) >= 11 is 0. The number of hydrogen-bond acceptors (Lipinski definition) is 0. The van der Waals surface area contributed by atoms with Gasteiger partial charge in [-0.3, -0.25) is 0 Å². The highest BCUT2D eigenvalue weighted by molar-refractivity contribution is 2.56. The van der Waals surface area contributed by atoms with Crippen LogP contribution in [0.15, 0.2) is 0 Å². The molecule has 0 saturated heterocycles. The molecule has 0 rings (SSSR count). The summed E-state index contributed by atoms with van der Waals surface area (Å²) in [7, 11) is 0. The van der Waals surface area contributed by atoms with Crippen LogP contribution in [-0.2, 0) is 0 Å². The van der Waals surface area contributed by atoms with E-state index >= 15 is 0 Å². The van der Waals surface area contributed by atoms with Crippen LogP contribution < -0.4 is 0 Å². The lowest BCUT2D eigenvalue weighted by Gasteiger charge is -0.0786. The van der Waals surface area contributed by atoms with E-state index in [0.29, 0.717) is 0 Å². The molecule has 0 heteroatoms. The molecule has 0 radical (unpaired) electrons. The van der Waals surface area contributed by atoms with Crippen molar-refractivity contribution in [3.63, 3.8) is 0 Å². The average Bonchev–Trinajstić information content (AvgIpc) is 0. The van der Waals surface area contributed by atoms with Gasteiger partial charge in [0, 0.05) is 0 Å². The highest BCUT2D eigenvalue weighted by atomic mass is 12.1. The summed E-state index contributed by atoms with van der Waals surface area (Å²) in [5, 5.41) is 0. The molecular weight excluding hydrogens is 685 g/mol. The second-order valence-electron chi connectivity index (χ2n) is 0. The second-order valence-corrected chi connectivity index (χ2v) is 0. The van der Waals surface area contributed by atoms with Gasteiger partial charge in [0.05, 0.1) is 0 Å². The van der Waals surface area contributed by atoms with Gasteiger partial charge in [0.1, 0.15) is 0 Å². The van der Waals surface area contributed by atoms with Crippen molar-refractivity contribution in [1.29, 1.82) is 0 Å². The molecule has 0 aromatic rings. The fourth-order valence-corrected chi connectivity index (χ4v) is 0. The maximum atomic E-state index is 0. The topological polar surface area (TPSA) is 0 Å². The normalized spacial score (nSPS) is 0. The lowest BCUT2D eigenvalue weighted by atomic mass is 12.0. The van der Waals surface area contributed by atoms with E-state index in [0.717, 1.165) is 0 Å². The fraction of sp³-hybridized carbons (Fsp3) is 1.00. The van der Waals surface area contributed by atoms with E-state index in [1.165, 1.54) is 0 Å². The second kappa shape index (κ2) is 0. The van der Waals surface area contributed by atoms with Crippen molar-refractivity contribution in [3.8, 4) is 0 Å². The van der Waals surface area contributed by atoms with Gasteiger partial charge in [-0.25, -0.2) is 0 Å². The summed E-state index contributed by atoms with van der Waals surface area (Å²) in [5.74, 6) is 0. The quantitative estimate of drug-likeness (QED) is 0.227. The monoisotopic (exact) mass is 914 g/mol. The Balaban J connectivity index is 0. The van der Waals surface area contributed by atoms with Gasteiger partial charge in [-0.2, -0.15) is 0 Å². The maximum absolute atomic E-state index is 0. The minimum absolute atomic E-state index is 0. The smallest absolute Gasteiger partial charge is 0.0776 e. The van der Waals surface area contributed by atoms with Gasteiger partial charge >= 0.3 is 0 Å². The van der Waals surface area contributed by atoms with Crippen molar-refractivity contribution in [3.05, 3.63) is 0 Å². The number of hydrogen-bond donors (Lipinski definition) is 0. The molecule has 0 nitrogen and oxygen atoms in total. The Morgan fingerprint density at radius 3 is 0.0175 bits per heavy atom. The summed E-state index contributed by atoms with van der Waals surface area (Å²) in [5.41, 5.74) is 0. The van der Waals surface area contributed by atoms with Crippen LogP contribution in [0.4, 0.5) is 0 Å². The molecule has 0 aliphatic heterocycles. The molecule has 0 aromatic carbocycles. The minimum atomic E-state index is 0. The molecule has 0 spiro atoms. The molecule has 0 bridgehead atoms. The zero-order chi connectivity index (χ0) is 0. The van der Waals surface area contributed by atoms with Crippen LogP contribution in [-0.4, -0.2) is 0 Å². The highest BCUT2D eigenvalue weighted by Gasteiger charge is -0.0216. The van der Waals surface area contributed by atoms with Crippen LogP contribution in [0.1, 0.15) is 423 Å². The van der Waals surface area contributed by atoms with Crippen LogP contribution in [0.5, 0.6) is 0 Å². The summed E-state index contributed by atoms with van der Waals surface area (Å²) in [6.45, 7) is 0. The van der Waals surface area contributed by atoms with E-state index in [1.807, 2.05) is 0 Å². The van der Waals surface area contributed by atoms with Crippen molar-refractivity contribution in [2.75, 3.05) is 0 Å². The predicted molar refractivity (Wildman–Crippen MR) is 384 cm³/mol. The molecule has 0 aliphatic rings. The van der Waals surface area contributed by atoms with E-state index in [2.05, 4.69) is 0 Å². The molecule has 0 saturated carbocycles. The fourth-order valence-electron chi connectivity index (χ4n) is 0. The number of rotatable bonds is 0. The Kier molecular flexibility index (Phi) is 0. The van der Waals surface area contributed by atoms with Crippen molar-refractivity contribution in [2.45, 2.75) is 423 Å². The molecule has 456 valence electrons. The molecule has 0 fully saturated rings. The Morgan fingerprint density at radius 2 is 0.0175 bits per heavy atom. The van der Waals surface area contributed by atoms with E-state index in [-0.39, 0.29) is 423 Å². The maximum Gasteiger partial charge on any atom is -0.0776 e. The molecule has 57 heavy (non-hydrogen) atoms. The van der Waals surface area contributed by atoms with Crippen LogP contribution in [0.25, 0.3) is 0 Å². The Morgan fingerprint density at radius 1 is 0.0175 bits per heavy atom. The first-order valence-corrected chi connectivity index (χ1v) is 0. The zero-order valence-electron chi connectivity index (χ0n) is 0.